The number of nitrogens with zero attached hydrogens (tertiary/aromatic N) is 1. The average molecular weight is 103 g/mol. The Bertz CT molecular complexity index is 92.2. The molecule has 0 aromatic rings. The fourth-order valence-corrected chi connectivity index (χ4v) is 0.288. The van der Waals surface area contributed by atoms with Crippen LogP contribution in [0.2, 0.25) is 0 Å². The van der Waals surface area contributed by atoms with Crippen LogP contribution in [0.15, 0.2) is 0 Å². The van der Waals surface area contributed by atoms with Crippen molar-refractivity contribution in [3.05, 3.63) is 0 Å². The summed E-state index contributed by atoms with van der Waals surface area (Å²) in [4.78, 5) is 18.7. The Morgan fingerprint density at radius 3 is 2.71 bits per heavy atom. The second-order valence-electron chi connectivity index (χ2n) is 1.23. The predicted molar refractivity (Wildman–Crippen MR) is 19.8 cm³/mol. The van der Waals surface area contributed by atoms with Gasteiger partial charge in [0.1, 0.15) is 0 Å². The molecule has 0 aromatic heterocycles. The summed E-state index contributed by atoms with van der Waals surface area (Å²) < 4.78 is 0. The molecule has 4 heteroatoms. The molecule has 4 nitrogen and oxygen atoms in total. The van der Waals surface area contributed by atoms with Crippen LogP contribution in [-0.4, -0.2) is 24.6 Å². The molecule has 1 amide bonds. The van der Waals surface area contributed by atoms with Crippen molar-refractivity contribution in [1.29, 1.82) is 0 Å². The number of hydrogen-bond acceptors (Lipinski definition) is 3. The van der Waals surface area contributed by atoms with Gasteiger partial charge in [0, 0.05) is 7.05 Å². The minimum absolute atomic E-state index is 0.0382. The molecule has 1 aliphatic heterocycles. The molecular weight excluding hydrogens is 98.0 g/mol. The minimum atomic E-state index is -0.153. The molecule has 1 heterocycles. The zero-order chi connectivity index (χ0) is 5.28. The van der Waals surface area contributed by atoms with Gasteiger partial charge < -0.3 is 0 Å². The van der Waals surface area contributed by atoms with E-state index < -0.39 is 0 Å². The van der Waals surface area contributed by atoms with Gasteiger partial charge in [0.2, 0.25) is 0 Å². The topological polar surface area (TPSA) is 38.8 Å². The second kappa shape index (κ2) is 1.48. The van der Waals surface area contributed by atoms with Crippen LogP contribution in [0.4, 0.5) is 0 Å². The molecule has 1 rings (SSSR count). The standard InChI is InChI=1S/C3H5NO3/c1-4-3(5)2-6-7-4/h2H2,1H3. The zero-order valence-electron chi connectivity index (χ0n) is 3.88. The highest BCUT2D eigenvalue weighted by Gasteiger charge is 2.17. The van der Waals surface area contributed by atoms with E-state index in [-0.39, 0.29) is 12.5 Å². The monoisotopic (exact) mass is 103 g/mol. The highest BCUT2D eigenvalue weighted by molar-refractivity contribution is 5.76. The van der Waals surface area contributed by atoms with Gasteiger partial charge in [-0.1, -0.05) is 0 Å². The van der Waals surface area contributed by atoms with E-state index in [2.05, 4.69) is 9.88 Å². The first-order valence-corrected chi connectivity index (χ1v) is 1.87. The van der Waals surface area contributed by atoms with Crippen molar-refractivity contribution in [3.63, 3.8) is 0 Å². The van der Waals surface area contributed by atoms with E-state index in [1.165, 1.54) is 7.05 Å². The van der Waals surface area contributed by atoms with Crippen LogP contribution in [0.25, 0.3) is 0 Å². The summed E-state index contributed by atoms with van der Waals surface area (Å²) >= 11 is 0. The predicted octanol–water partition coefficient (Wildman–Crippen LogP) is -0.678. The lowest BCUT2D eigenvalue weighted by atomic mass is 10.7. The number of hydrogen-bond donors (Lipinski definition) is 0. The lowest BCUT2D eigenvalue weighted by molar-refractivity contribution is -0.358. The molecule has 0 N–H and O–H groups in total. The average Bonchev–Trinajstić information content (AvgIpc) is 1.91. The van der Waals surface area contributed by atoms with Crippen molar-refractivity contribution in [2.24, 2.45) is 0 Å². The van der Waals surface area contributed by atoms with Crippen LogP contribution in [-0.2, 0) is 14.7 Å². The molecule has 0 atom stereocenters. The van der Waals surface area contributed by atoms with Crippen molar-refractivity contribution in [2.75, 3.05) is 13.7 Å². The van der Waals surface area contributed by atoms with E-state index in [0.717, 1.165) is 5.06 Å². The maximum atomic E-state index is 10.2. The normalized spacial score (nSPS) is 21.3. The highest BCUT2D eigenvalue weighted by Crippen LogP contribution is 1.96. The van der Waals surface area contributed by atoms with Gasteiger partial charge in [-0.15, -0.1) is 4.99 Å². The van der Waals surface area contributed by atoms with Crippen LogP contribution in [0.5, 0.6) is 0 Å². The molecule has 0 aromatic carbocycles. The molecule has 1 saturated heterocycles. The van der Waals surface area contributed by atoms with Crippen molar-refractivity contribution >= 4 is 5.91 Å². The quantitative estimate of drug-likeness (QED) is 0.381. The summed E-state index contributed by atoms with van der Waals surface area (Å²) in [5.41, 5.74) is 0. The molecule has 0 spiro atoms. The number of carbonyl (C=O) groups is 1. The Morgan fingerprint density at radius 2 is 2.57 bits per heavy atom. The maximum Gasteiger partial charge on any atom is 0.277 e. The summed E-state index contributed by atoms with van der Waals surface area (Å²) in [5, 5.41) is 1.04. The maximum absolute atomic E-state index is 10.2. The Hall–Kier alpha value is -0.610. The van der Waals surface area contributed by atoms with E-state index in [1.807, 2.05) is 0 Å². The van der Waals surface area contributed by atoms with E-state index in [1.54, 1.807) is 0 Å². The third kappa shape index (κ3) is 0.703. The number of hydroxylamine groups is 2. The molecule has 0 unspecified atom stereocenters. The zero-order valence-corrected chi connectivity index (χ0v) is 3.88. The smallest absolute Gasteiger partial charge is 0.270 e. The third-order valence-electron chi connectivity index (χ3n) is 0.698. The molecule has 1 fully saturated rings. The van der Waals surface area contributed by atoms with Crippen molar-refractivity contribution in [2.45, 2.75) is 0 Å². The van der Waals surface area contributed by atoms with Crippen LogP contribution >= 0.6 is 0 Å². The highest BCUT2D eigenvalue weighted by atomic mass is 17.3. The van der Waals surface area contributed by atoms with Gasteiger partial charge in [-0.25, -0.2) is 4.89 Å². The summed E-state index contributed by atoms with van der Waals surface area (Å²) in [6.07, 6.45) is 0. The summed E-state index contributed by atoms with van der Waals surface area (Å²) in [5.74, 6) is -0.153. The second-order valence-corrected chi connectivity index (χ2v) is 1.23. The lowest BCUT2D eigenvalue weighted by Crippen LogP contribution is -2.17. The Labute approximate surface area is 40.5 Å². The molecule has 0 bridgehead atoms. The molecular formula is C3H5NO3. The molecule has 1 aliphatic rings. The molecule has 0 radical (unpaired) electrons. The molecule has 40 valence electrons. The van der Waals surface area contributed by atoms with Crippen LogP contribution < -0.4 is 0 Å². The fraction of sp³-hybridized carbons (Fsp3) is 0.667. The van der Waals surface area contributed by atoms with Gasteiger partial charge >= 0.3 is 0 Å². The molecule has 7 heavy (non-hydrogen) atoms. The van der Waals surface area contributed by atoms with Gasteiger partial charge in [-0.05, 0) is 0 Å². The van der Waals surface area contributed by atoms with Crippen LogP contribution in [0, 0.1) is 0 Å². The minimum Gasteiger partial charge on any atom is -0.270 e. The van der Waals surface area contributed by atoms with Gasteiger partial charge in [0.25, 0.3) is 5.91 Å². The van der Waals surface area contributed by atoms with Crippen molar-refractivity contribution < 1.29 is 14.7 Å². The van der Waals surface area contributed by atoms with Crippen molar-refractivity contribution in [3.8, 4) is 0 Å². The lowest BCUT2D eigenvalue weighted by Gasteiger charge is -1.97. The molecule has 0 saturated carbocycles. The number of carbonyl (C=O) groups excluding carboxylic acids is 1. The number of amides is 1. The number of rotatable bonds is 0. The van der Waals surface area contributed by atoms with Gasteiger partial charge in [-0.2, -0.15) is 5.06 Å². The SMILES string of the molecule is CN1OOCC1=O. The van der Waals surface area contributed by atoms with E-state index in [0.29, 0.717) is 0 Å². The Morgan fingerprint density at radius 1 is 1.86 bits per heavy atom. The van der Waals surface area contributed by atoms with E-state index in [4.69, 9.17) is 0 Å². The third-order valence-corrected chi connectivity index (χ3v) is 0.698. The summed E-state index contributed by atoms with van der Waals surface area (Å²) in [7, 11) is 1.50. The van der Waals surface area contributed by atoms with Gasteiger partial charge in [0.05, 0.1) is 0 Å². The number of likely N-dealkylation sites (N-methyl/N-ethyl adjacent to an activating group) is 1. The first-order valence-electron chi connectivity index (χ1n) is 1.87. The summed E-state index contributed by atoms with van der Waals surface area (Å²) in [6.45, 7) is 0.0382. The molecule has 0 aliphatic carbocycles. The van der Waals surface area contributed by atoms with Crippen LogP contribution in [0.3, 0.4) is 0 Å². The summed E-state index contributed by atoms with van der Waals surface area (Å²) in [6, 6.07) is 0. The van der Waals surface area contributed by atoms with Crippen molar-refractivity contribution in [1.82, 2.24) is 5.06 Å². The largest absolute Gasteiger partial charge is 0.277 e. The van der Waals surface area contributed by atoms with E-state index >= 15 is 0 Å². The fourth-order valence-electron chi connectivity index (χ4n) is 0.288. The first-order chi connectivity index (χ1) is 3.30. The Balaban J connectivity index is 2.48. The van der Waals surface area contributed by atoms with Gasteiger partial charge in [0.15, 0.2) is 6.61 Å². The first kappa shape index (κ1) is 4.55. The van der Waals surface area contributed by atoms with Gasteiger partial charge in [-0.3, -0.25) is 4.79 Å². The van der Waals surface area contributed by atoms with E-state index in [9.17, 15) is 4.79 Å². The Kier molecular flexibility index (Phi) is 0.958. The van der Waals surface area contributed by atoms with Crippen LogP contribution in [0.1, 0.15) is 0 Å².